The zero-order valence-electron chi connectivity index (χ0n) is 12.7. The van der Waals surface area contributed by atoms with Crippen molar-refractivity contribution in [1.29, 1.82) is 0 Å². The van der Waals surface area contributed by atoms with Crippen LogP contribution in [0.2, 0.25) is 0 Å². The molecule has 0 bridgehead atoms. The molecule has 5 nitrogen and oxygen atoms in total. The van der Waals surface area contributed by atoms with Crippen molar-refractivity contribution in [2.45, 2.75) is 6.92 Å². The Bertz CT molecular complexity index is 701. The second-order valence-electron chi connectivity index (χ2n) is 4.67. The topological polar surface area (TPSA) is 68.1 Å². The van der Waals surface area contributed by atoms with E-state index < -0.39 is 0 Å². The van der Waals surface area contributed by atoms with Crippen molar-refractivity contribution in [2.75, 3.05) is 14.2 Å². The average molecular weight is 299 g/mol. The van der Waals surface area contributed by atoms with Crippen LogP contribution in [-0.2, 0) is 0 Å². The van der Waals surface area contributed by atoms with Gasteiger partial charge in [0.05, 0.1) is 20.0 Å². The summed E-state index contributed by atoms with van der Waals surface area (Å²) in [7, 11) is 3.12. The van der Waals surface area contributed by atoms with Crippen molar-refractivity contribution in [3.8, 4) is 11.5 Å². The summed E-state index contributed by atoms with van der Waals surface area (Å²) >= 11 is 0. The normalized spacial score (nSPS) is 11.6. The van der Waals surface area contributed by atoms with Gasteiger partial charge in [-0.25, -0.2) is 0 Å². The van der Waals surface area contributed by atoms with Crippen LogP contribution in [0.3, 0.4) is 0 Å². The number of ether oxygens (including phenoxy) is 2. The lowest BCUT2D eigenvalue weighted by Crippen LogP contribution is -1.95. The lowest BCUT2D eigenvalue weighted by atomic mass is 9.96. The molecular weight excluding hydrogens is 282 g/mol. The molecule has 0 heterocycles. The van der Waals surface area contributed by atoms with E-state index in [1.165, 1.54) is 0 Å². The summed E-state index contributed by atoms with van der Waals surface area (Å²) in [4.78, 5) is 10.5. The second-order valence-corrected chi connectivity index (χ2v) is 4.67. The quantitative estimate of drug-likeness (QED) is 0.654. The van der Waals surface area contributed by atoms with Crippen LogP contribution in [0.15, 0.2) is 53.4 Å². The Morgan fingerprint density at radius 3 is 2.05 bits per heavy atom. The summed E-state index contributed by atoms with van der Waals surface area (Å²) in [5, 5.41) is 12.9. The van der Waals surface area contributed by atoms with Crippen LogP contribution in [0, 0.1) is 4.91 Å². The molecule has 1 N–H and O–H groups in total. The van der Waals surface area contributed by atoms with Crippen molar-refractivity contribution in [2.24, 2.45) is 5.18 Å². The first kappa shape index (κ1) is 15.6. The van der Waals surface area contributed by atoms with Gasteiger partial charge in [0.25, 0.3) is 0 Å². The summed E-state index contributed by atoms with van der Waals surface area (Å²) < 4.78 is 10.5. The lowest BCUT2D eigenvalue weighted by Gasteiger charge is -2.13. The molecule has 2 rings (SSSR count). The van der Waals surface area contributed by atoms with Crippen LogP contribution >= 0.6 is 0 Å². The Morgan fingerprint density at radius 1 is 0.955 bits per heavy atom. The van der Waals surface area contributed by atoms with E-state index >= 15 is 0 Å². The van der Waals surface area contributed by atoms with Crippen molar-refractivity contribution in [3.63, 3.8) is 0 Å². The number of rotatable bonds is 5. The number of aliphatic hydroxyl groups is 1. The molecule has 0 saturated heterocycles. The zero-order chi connectivity index (χ0) is 16.1. The zero-order valence-corrected chi connectivity index (χ0v) is 12.7. The van der Waals surface area contributed by atoms with Crippen LogP contribution in [0.5, 0.6) is 11.5 Å². The molecule has 0 aliphatic carbocycles. The molecule has 0 aliphatic rings. The Labute approximate surface area is 128 Å². The van der Waals surface area contributed by atoms with Gasteiger partial charge in [0.15, 0.2) is 11.5 Å². The lowest BCUT2D eigenvalue weighted by molar-refractivity contribution is 0.355. The smallest absolute Gasteiger partial charge is 0.161 e. The fourth-order valence-electron chi connectivity index (χ4n) is 2.27. The molecule has 0 fully saturated rings. The molecule has 114 valence electrons. The maximum Gasteiger partial charge on any atom is 0.161 e. The van der Waals surface area contributed by atoms with Gasteiger partial charge in [0.1, 0.15) is 5.69 Å². The maximum atomic E-state index is 10.5. The molecule has 5 heteroatoms. The number of methoxy groups -OCH3 is 2. The Balaban J connectivity index is 2.53. The second kappa shape index (κ2) is 6.76. The molecule has 0 radical (unpaired) electrons. The van der Waals surface area contributed by atoms with E-state index in [-0.39, 0.29) is 5.76 Å². The molecule has 0 amide bonds. The minimum Gasteiger partial charge on any atom is -0.512 e. The monoisotopic (exact) mass is 299 g/mol. The maximum absolute atomic E-state index is 10.5. The van der Waals surface area contributed by atoms with E-state index in [4.69, 9.17) is 9.47 Å². The summed E-state index contributed by atoms with van der Waals surface area (Å²) in [6.45, 7) is 1.61. The van der Waals surface area contributed by atoms with Crippen molar-refractivity contribution < 1.29 is 14.6 Å². The Hall–Kier alpha value is -2.82. The number of hydrogen-bond donors (Lipinski definition) is 1. The Morgan fingerprint density at radius 2 is 1.55 bits per heavy atom. The van der Waals surface area contributed by atoms with Gasteiger partial charge in [-0.1, -0.05) is 18.2 Å². The summed E-state index contributed by atoms with van der Waals surface area (Å²) in [5.74, 6) is 1.35. The van der Waals surface area contributed by atoms with Crippen LogP contribution in [0.1, 0.15) is 18.1 Å². The molecular formula is C17H17NO4. The summed E-state index contributed by atoms with van der Waals surface area (Å²) in [6, 6.07) is 12.1. The SMILES string of the molecule is COc1ccc(C(=C(C)O)c2ccc(N=O)cc2)cc1OC. The number of aliphatic hydroxyl groups excluding tert-OH is 1. The highest BCUT2D eigenvalue weighted by Gasteiger charge is 2.12. The van der Waals surface area contributed by atoms with Gasteiger partial charge < -0.3 is 14.6 Å². The third-order valence-electron chi connectivity index (χ3n) is 3.30. The highest BCUT2D eigenvalue weighted by Crippen LogP contribution is 2.34. The van der Waals surface area contributed by atoms with Crippen molar-refractivity contribution in [1.82, 2.24) is 0 Å². The van der Waals surface area contributed by atoms with Gasteiger partial charge in [-0.2, -0.15) is 0 Å². The van der Waals surface area contributed by atoms with Gasteiger partial charge >= 0.3 is 0 Å². The summed E-state index contributed by atoms with van der Waals surface area (Å²) in [6.07, 6.45) is 0. The van der Waals surface area contributed by atoms with Gasteiger partial charge in [0.2, 0.25) is 0 Å². The fraction of sp³-hybridized carbons (Fsp3) is 0.176. The molecule has 0 atom stereocenters. The molecule has 0 aromatic heterocycles. The molecule has 0 unspecified atom stereocenters. The van der Waals surface area contributed by atoms with E-state index in [9.17, 15) is 10.0 Å². The van der Waals surface area contributed by atoms with Crippen LogP contribution in [-0.4, -0.2) is 19.3 Å². The standard InChI is InChI=1S/C17H17NO4/c1-11(19)17(12-4-7-14(18-20)8-5-12)13-6-9-15(21-2)16(10-13)22-3/h4-10,19H,1-3H3. The van der Waals surface area contributed by atoms with Gasteiger partial charge in [-0.05, 0) is 47.5 Å². The van der Waals surface area contributed by atoms with E-state index in [1.54, 1.807) is 57.5 Å². The van der Waals surface area contributed by atoms with Crippen LogP contribution in [0.4, 0.5) is 5.69 Å². The molecule has 0 aliphatic heterocycles. The summed E-state index contributed by atoms with van der Waals surface area (Å²) in [5.41, 5.74) is 2.55. The first-order valence-corrected chi connectivity index (χ1v) is 6.66. The number of nitrogens with zero attached hydrogens (tertiary/aromatic N) is 1. The minimum absolute atomic E-state index is 0.166. The first-order valence-electron chi connectivity index (χ1n) is 6.66. The largest absolute Gasteiger partial charge is 0.512 e. The van der Waals surface area contributed by atoms with E-state index in [2.05, 4.69) is 5.18 Å². The number of hydrogen-bond acceptors (Lipinski definition) is 5. The van der Waals surface area contributed by atoms with Crippen molar-refractivity contribution >= 4 is 11.3 Å². The number of nitroso groups, excluding NO2 is 1. The predicted molar refractivity (Wildman–Crippen MR) is 85.8 cm³/mol. The van der Waals surface area contributed by atoms with Gasteiger partial charge in [0, 0.05) is 5.57 Å². The van der Waals surface area contributed by atoms with Crippen LogP contribution in [0.25, 0.3) is 5.57 Å². The third kappa shape index (κ3) is 3.09. The number of benzene rings is 2. The third-order valence-corrected chi connectivity index (χ3v) is 3.30. The Kier molecular flexibility index (Phi) is 4.78. The molecule has 0 saturated carbocycles. The fourth-order valence-corrected chi connectivity index (χ4v) is 2.27. The van der Waals surface area contributed by atoms with Crippen LogP contribution < -0.4 is 9.47 Å². The first-order chi connectivity index (χ1) is 10.6. The minimum atomic E-state index is 0.166. The molecule has 22 heavy (non-hydrogen) atoms. The highest BCUT2D eigenvalue weighted by atomic mass is 16.5. The van der Waals surface area contributed by atoms with Gasteiger partial charge in [-0.3, -0.25) is 0 Å². The molecule has 2 aromatic rings. The predicted octanol–water partition coefficient (Wildman–Crippen LogP) is 4.44. The molecule has 2 aromatic carbocycles. The highest BCUT2D eigenvalue weighted by molar-refractivity contribution is 5.82. The van der Waals surface area contributed by atoms with E-state index in [1.807, 2.05) is 6.07 Å². The van der Waals surface area contributed by atoms with E-state index in [0.717, 1.165) is 11.1 Å². The molecule has 0 spiro atoms. The average Bonchev–Trinajstić information content (AvgIpc) is 2.55. The number of allylic oxidation sites excluding steroid dienone is 1. The van der Waals surface area contributed by atoms with E-state index in [0.29, 0.717) is 22.8 Å². The van der Waals surface area contributed by atoms with Crippen molar-refractivity contribution in [3.05, 3.63) is 64.3 Å². The van der Waals surface area contributed by atoms with Gasteiger partial charge in [-0.15, -0.1) is 4.91 Å².